The minimum absolute atomic E-state index is 0.0267. The Balaban J connectivity index is 2.04. The van der Waals surface area contributed by atoms with E-state index in [1.54, 1.807) is 38.5 Å². The third kappa shape index (κ3) is 4.61. The van der Waals surface area contributed by atoms with E-state index in [0.29, 0.717) is 22.9 Å². The van der Waals surface area contributed by atoms with Crippen molar-refractivity contribution in [3.63, 3.8) is 0 Å². The van der Waals surface area contributed by atoms with Gasteiger partial charge >= 0.3 is 0 Å². The second-order valence-corrected chi connectivity index (χ2v) is 6.38. The minimum Gasteiger partial charge on any atom is -0.497 e. The molecule has 154 valence electrons. The summed E-state index contributed by atoms with van der Waals surface area (Å²) in [5.41, 5.74) is 13.5. The van der Waals surface area contributed by atoms with Crippen LogP contribution in [-0.2, 0) is 0 Å². The van der Waals surface area contributed by atoms with Crippen LogP contribution in [0.5, 0.6) is 11.5 Å². The molecule has 3 aromatic carbocycles. The highest BCUT2D eigenvalue weighted by Gasteiger charge is 2.18. The van der Waals surface area contributed by atoms with Crippen molar-refractivity contribution >= 4 is 34.6 Å². The van der Waals surface area contributed by atoms with Crippen molar-refractivity contribution < 1.29 is 19.1 Å². The summed E-state index contributed by atoms with van der Waals surface area (Å²) in [4.78, 5) is 23.8. The number of carbonyl (C=O) groups is 2. The molecular formula is C22H22N4O4. The first-order chi connectivity index (χ1) is 14.4. The first kappa shape index (κ1) is 20.5. The molecule has 6 N–H and O–H groups in total. The average molecular weight is 406 g/mol. The number of primary amides is 2. The lowest BCUT2D eigenvalue weighted by atomic mass is 10.0. The Labute approximate surface area is 173 Å². The second kappa shape index (κ2) is 8.87. The molecule has 0 fully saturated rings. The van der Waals surface area contributed by atoms with Crippen LogP contribution in [0.15, 0.2) is 60.7 Å². The van der Waals surface area contributed by atoms with Gasteiger partial charge in [0.15, 0.2) is 0 Å². The lowest BCUT2D eigenvalue weighted by Crippen LogP contribution is -2.21. The number of amides is 2. The van der Waals surface area contributed by atoms with Gasteiger partial charge in [-0.15, -0.1) is 0 Å². The highest BCUT2D eigenvalue weighted by molar-refractivity contribution is 6.08. The molecule has 0 heterocycles. The summed E-state index contributed by atoms with van der Waals surface area (Å²) in [5.74, 6) is -0.0896. The van der Waals surface area contributed by atoms with E-state index < -0.39 is 11.8 Å². The Kier molecular flexibility index (Phi) is 6.07. The SMILES string of the molecule is COc1ccc(Nc2cc(C(N)=O)c(C(N)=O)cc2Nc2ccc(OC)cc2)cc1. The summed E-state index contributed by atoms with van der Waals surface area (Å²) in [7, 11) is 3.17. The van der Waals surface area contributed by atoms with Crippen LogP contribution < -0.4 is 31.6 Å². The molecule has 0 spiro atoms. The zero-order chi connectivity index (χ0) is 21.7. The van der Waals surface area contributed by atoms with Gasteiger partial charge in [-0.25, -0.2) is 0 Å². The van der Waals surface area contributed by atoms with E-state index in [9.17, 15) is 9.59 Å². The van der Waals surface area contributed by atoms with Crippen LogP contribution >= 0.6 is 0 Å². The van der Waals surface area contributed by atoms with Gasteiger partial charge in [0, 0.05) is 11.4 Å². The molecule has 0 radical (unpaired) electrons. The summed E-state index contributed by atoms with van der Waals surface area (Å²) >= 11 is 0. The summed E-state index contributed by atoms with van der Waals surface area (Å²) in [5, 5.41) is 6.45. The van der Waals surface area contributed by atoms with Crippen molar-refractivity contribution in [3.8, 4) is 11.5 Å². The molecule has 0 aliphatic rings. The van der Waals surface area contributed by atoms with Crippen LogP contribution in [0.4, 0.5) is 22.7 Å². The van der Waals surface area contributed by atoms with Gasteiger partial charge in [-0.05, 0) is 60.7 Å². The topological polar surface area (TPSA) is 129 Å². The summed E-state index contributed by atoms with van der Waals surface area (Å²) in [6, 6.07) is 17.5. The summed E-state index contributed by atoms with van der Waals surface area (Å²) in [6.07, 6.45) is 0. The Morgan fingerprint density at radius 1 is 0.667 bits per heavy atom. The van der Waals surface area contributed by atoms with Gasteiger partial charge in [-0.1, -0.05) is 0 Å². The standard InChI is InChI=1S/C22H22N4O4/c1-29-15-7-3-13(4-8-15)25-19-11-17(21(23)27)18(22(24)28)12-20(19)26-14-5-9-16(30-2)10-6-14/h3-12,25-26H,1-2H3,(H2,23,27)(H2,24,28). The predicted octanol–water partition coefficient (Wildman–Crippen LogP) is 3.39. The molecule has 8 heteroatoms. The Bertz CT molecular complexity index is 977. The lowest BCUT2D eigenvalue weighted by molar-refractivity contribution is 0.0967. The number of rotatable bonds is 8. The molecule has 0 unspecified atom stereocenters. The van der Waals surface area contributed by atoms with Crippen molar-refractivity contribution in [2.75, 3.05) is 24.9 Å². The fraction of sp³-hybridized carbons (Fsp3) is 0.0909. The number of hydrogen-bond acceptors (Lipinski definition) is 6. The molecular weight excluding hydrogens is 384 g/mol. The van der Waals surface area contributed by atoms with Crippen molar-refractivity contribution in [3.05, 3.63) is 71.8 Å². The average Bonchev–Trinajstić information content (AvgIpc) is 2.75. The monoisotopic (exact) mass is 406 g/mol. The molecule has 0 aliphatic carbocycles. The third-order valence-electron chi connectivity index (χ3n) is 4.43. The largest absolute Gasteiger partial charge is 0.497 e. The zero-order valence-electron chi connectivity index (χ0n) is 16.6. The van der Waals surface area contributed by atoms with Gasteiger partial charge in [-0.3, -0.25) is 9.59 Å². The number of anilines is 4. The van der Waals surface area contributed by atoms with Crippen LogP contribution in [0.25, 0.3) is 0 Å². The first-order valence-electron chi connectivity index (χ1n) is 9.01. The zero-order valence-corrected chi connectivity index (χ0v) is 16.6. The number of hydrogen-bond donors (Lipinski definition) is 4. The smallest absolute Gasteiger partial charge is 0.249 e. The van der Waals surface area contributed by atoms with Crippen molar-refractivity contribution in [1.82, 2.24) is 0 Å². The molecule has 0 bridgehead atoms. The van der Waals surface area contributed by atoms with Gasteiger partial charge in [0.1, 0.15) is 11.5 Å². The molecule has 30 heavy (non-hydrogen) atoms. The van der Waals surface area contributed by atoms with Gasteiger partial charge in [0.25, 0.3) is 0 Å². The van der Waals surface area contributed by atoms with Gasteiger partial charge in [-0.2, -0.15) is 0 Å². The number of carbonyl (C=O) groups excluding carboxylic acids is 2. The van der Waals surface area contributed by atoms with Gasteiger partial charge in [0.05, 0.1) is 36.7 Å². The molecule has 3 aromatic rings. The van der Waals surface area contributed by atoms with E-state index in [4.69, 9.17) is 20.9 Å². The molecule has 0 aromatic heterocycles. The Morgan fingerprint density at radius 3 is 1.27 bits per heavy atom. The highest BCUT2D eigenvalue weighted by Crippen LogP contribution is 2.32. The number of benzene rings is 3. The Morgan fingerprint density at radius 2 is 1.00 bits per heavy atom. The van der Waals surface area contributed by atoms with E-state index in [0.717, 1.165) is 11.4 Å². The highest BCUT2D eigenvalue weighted by atomic mass is 16.5. The van der Waals surface area contributed by atoms with Crippen LogP contribution in [0.3, 0.4) is 0 Å². The molecule has 8 nitrogen and oxygen atoms in total. The summed E-state index contributed by atoms with van der Waals surface area (Å²) < 4.78 is 10.3. The number of nitrogens with two attached hydrogens (primary N) is 2. The summed E-state index contributed by atoms with van der Waals surface area (Å²) in [6.45, 7) is 0. The maximum atomic E-state index is 11.9. The molecule has 2 amide bonds. The van der Waals surface area contributed by atoms with Gasteiger partial charge in [0.2, 0.25) is 11.8 Å². The fourth-order valence-corrected chi connectivity index (χ4v) is 2.87. The third-order valence-corrected chi connectivity index (χ3v) is 4.43. The van der Waals surface area contributed by atoms with Crippen LogP contribution in [0.1, 0.15) is 20.7 Å². The lowest BCUT2D eigenvalue weighted by Gasteiger charge is -2.17. The maximum Gasteiger partial charge on any atom is 0.249 e. The minimum atomic E-state index is -0.752. The second-order valence-electron chi connectivity index (χ2n) is 6.38. The number of methoxy groups -OCH3 is 2. The van der Waals surface area contributed by atoms with E-state index >= 15 is 0 Å². The molecule has 0 saturated heterocycles. The molecule has 3 rings (SSSR count). The number of nitrogens with one attached hydrogen (secondary N) is 2. The normalized spacial score (nSPS) is 10.2. The maximum absolute atomic E-state index is 11.9. The van der Waals surface area contributed by atoms with Crippen molar-refractivity contribution in [2.24, 2.45) is 11.5 Å². The molecule has 0 saturated carbocycles. The first-order valence-corrected chi connectivity index (χ1v) is 9.01. The van der Waals surface area contributed by atoms with Crippen molar-refractivity contribution in [1.29, 1.82) is 0 Å². The molecule has 0 atom stereocenters. The fourth-order valence-electron chi connectivity index (χ4n) is 2.87. The van der Waals surface area contributed by atoms with E-state index in [1.165, 1.54) is 12.1 Å². The van der Waals surface area contributed by atoms with E-state index in [2.05, 4.69) is 10.6 Å². The van der Waals surface area contributed by atoms with Crippen molar-refractivity contribution in [2.45, 2.75) is 0 Å². The van der Waals surface area contributed by atoms with E-state index in [-0.39, 0.29) is 11.1 Å². The van der Waals surface area contributed by atoms with E-state index in [1.807, 2.05) is 24.3 Å². The van der Waals surface area contributed by atoms with Gasteiger partial charge < -0.3 is 31.6 Å². The molecule has 0 aliphatic heterocycles. The van der Waals surface area contributed by atoms with Crippen LogP contribution in [0.2, 0.25) is 0 Å². The van der Waals surface area contributed by atoms with Crippen LogP contribution in [0, 0.1) is 0 Å². The number of ether oxygens (including phenoxy) is 2. The Hall–Kier alpha value is -4.20. The quantitative estimate of drug-likeness (QED) is 0.454. The predicted molar refractivity (Wildman–Crippen MR) is 116 cm³/mol. The van der Waals surface area contributed by atoms with Crippen LogP contribution in [-0.4, -0.2) is 26.0 Å².